The monoisotopic (exact) mass is 280 g/mol. The molecule has 2 aromatic rings. The van der Waals surface area contributed by atoms with Gasteiger partial charge in [0, 0.05) is 12.2 Å². The van der Waals surface area contributed by atoms with Gasteiger partial charge in [0.05, 0.1) is 11.6 Å². The first kappa shape index (κ1) is 14.5. The largest absolute Gasteiger partial charge is 0.370 e. The third kappa shape index (κ3) is 4.05. The van der Waals surface area contributed by atoms with Crippen LogP contribution in [0.4, 0.5) is 11.5 Å². The van der Waals surface area contributed by atoms with Crippen molar-refractivity contribution in [1.29, 1.82) is 5.26 Å². The molecule has 0 aliphatic heterocycles. The van der Waals surface area contributed by atoms with E-state index in [1.807, 2.05) is 12.1 Å². The Balaban J connectivity index is 2.07. The van der Waals surface area contributed by atoms with E-state index in [2.05, 4.69) is 22.5 Å². The van der Waals surface area contributed by atoms with E-state index >= 15 is 0 Å². The van der Waals surface area contributed by atoms with Crippen molar-refractivity contribution in [2.45, 2.75) is 13.3 Å². The van der Waals surface area contributed by atoms with Gasteiger partial charge in [-0.25, -0.2) is 4.98 Å². The molecule has 0 spiro atoms. The van der Waals surface area contributed by atoms with Crippen LogP contribution in [-0.4, -0.2) is 17.4 Å². The molecule has 21 heavy (non-hydrogen) atoms. The number of nitrogens with one attached hydrogen (secondary N) is 2. The Morgan fingerprint density at radius 1 is 1.24 bits per heavy atom. The fraction of sp³-hybridized carbons (Fsp3) is 0.188. The maximum absolute atomic E-state index is 12.1. The lowest BCUT2D eigenvalue weighted by Crippen LogP contribution is -2.14. The van der Waals surface area contributed by atoms with Gasteiger partial charge < -0.3 is 10.6 Å². The van der Waals surface area contributed by atoms with Crippen LogP contribution in [0.3, 0.4) is 0 Å². The van der Waals surface area contributed by atoms with Gasteiger partial charge in [-0.05, 0) is 42.8 Å². The fourth-order valence-corrected chi connectivity index (χ4v) is 1.74. The number of hydrogen-bond donors (Lipinski definition) is 2. The molecular weight excluding hydrogens is 264 g/mol. The van der Waals surface area contributed by atoms with Crippen molar-refractivity contribution in [2.75, 3.05) is 17.2 Å². The Bertz CT molecular complexity index is 659. The number of nitrogens with zero attached hydrogens (tertiary/aromatic N) is 2. The molecule has 0 unspecified atom stereocenters. The van der Waals surface area contributed by atoms with Crippen molar-refractivity contribution >= 4 is 17.4 Å². The van der Waals surface area contributed by atoms with E-state index in [0.717, 1.165) is 13.0 Å². The minimum Gasteiger partial charge on any atom is -0.370 e. The lowest BCUT2D eigenvalue weighted by atomic mass is 10.2. The second-order valence-corrected chi connectivity index (χ2v) is 4.48. The van der Waals surface area contributed by atoms with Crippen LogP contribution in [0.1, 0.15) is 29.4 Å². The summed E-state index contributed by atoms with van der Waals surface area (Å²) in [5.74, 6) is 0.407. The van der Waals surface area contributed by atoms with E-state index in [1.54, 1.807) is 36.4 Å². The highest BCUT2D eigenvalue weighted by Crippen LogP contribution is 2.11. The van der Waals surface area contributed by atoms with E-state index in [0.29, 0.717) is 22.8 Å². The first-order chi connectivity index (χ1) is 10.2. The van der Waals surface area contributed by atoms with E-state index in [9.17, 15) is 4.79 Å². The molecule has 5 heteroatoms. The summed E-state index contributed by atoms with van der Waals surface area (Å²) >= 11 is 0. The molecule has 1 aromatic carbocycles. The van der Waals surface area contributed by atoms with Gasteiger partial charge in [0.15, 0.2) is 0 Å². The molecule has 0 aliphatic rings. The van der Waals surface area contributed by atoms with Crippen molar-refractivity contribution in [1.82, 2.24) is 4.98 Å². The molecule has 0 saturated carbocycles. The molecule has 106 valence electrons. The smallest absolute Gasteiger partial charge is 0.274 e. The number of amides is 1. The SMILES string of the molecule is CCCNc1cccc(C(=O)Nc2ccc(C#N)cc2)n1. The van der Waals surface area contributed by atoms with Crippen molar-refractivity contribution in [3.05, 3.63) is 53.7 Å². The van der Waals surface area contributed by atoms with Crippen LogP contribution in [0, 0.1) is 11.3 Å². The molecule has 0 atom stereocenters. The summed E-state index contributed by atoms with van der Waals surface area (Å²) in [4.78, 5) is 16.4. The van der Waals surface area contributed by atoms with Crippen LogP contribution in [0.5, 0.6) is 0 Å². The Morgan fingerprint density at radius 3 is 2.67 bits per heavy atom. The van der Waals surface area contributed by atoms with Crippen LogP contribution in [0.2, 0.25) is 0 Å². The molecule has 0 radical (unpaired) electrons. The number of anilines is 2. The lowest BCUT2D eigenvalue weighted by molar-refractivity contribution is 0.102. The Labute approximate surface area is 123 Å². The Hall–Kier alpha value is -2.87. The molecule has 1 aromatic heterocycles. The quantitative estimate of drug-likeness (QED) is 0.882. The molecule has 2 N–H and O–H groups in total. The fourth-order valence-electron chi connectivity index (χ4n) is 1.74. The molecule has 5 nitrogen and oxygen atoms in total. The summed E-state index contributed by atoms with van der Waals surface area (Å²) in [5.41, 5.74) is 1.53. The summed E-state index contributed by atoms with van der Waals surface area (Å²) in [5, 5.41) is 14.6. The van der Waals surface area contributed by atoms with Crippen LogP contribution >= 0.6 is 0 Å². The predicted molar refractivity (Wildman–Crippen MR) is 82.1 cm³/mol. The summed E-state index contributed by atoms with van der Waals surface area (Å²) in [7, 11) is 0. The van der Waals surface area contributed by atoms with E-state index in [-0.39, 0.29) is 5.91 Å². The van der Waals surface area contributed by atoms with Crippen molar-refractivity contribution in [3.8, 4) is 6.07 Å². The van der Waals surface area contributed by atoms with E-state index in [1.165, 1.54) is 0 Å². The Morgan fingerprint density at radius 2 is 2.00 bits per heavy atom. The van der Waals surface area contributed by atoms with Crippen molar-refractivity contribution in [3.63, 3.8) is 0 Å². The zero-order chi connectivity index (χ0) is 15.1. The van der Waals surface area contributed by atoms with Gasteiger partial charge >= 0.3 is 0 Å². The number of carbonyl (C=O) groups is 1. The number of pyridine rings is 1. The van der Waals surface area contributed by atoms with Crippen LogP contribution in [0.15, 0.2) is 42.5 Å². The number of carbonyl (C=O) groups excluding carboxylic acids is 1. The van der Waals surface area contributed by atoms with Gasteiger partial charge in [0.2, 0.25) is 0 Å². The zero-order valence-corrected chi connectivity index (χ0v) is 11.8. The molecule has 1 amide bonds. The highest BCUT2D eigenvalue weighted by molar-refractivity contribution is 6.03. The maximum Gasteiger partial charge on any atom is 0.274 e. The van der Waals surface area contributed by atoms with Gasteiger partial charge in [0.1, 0.15) is 11.5 Å². The predicted octanol–water partition coefficient (Wildman–Crippen LogP) is 3.03. The topological polar surface area (TPSA) is 77.8 Å². The van der Waals surface area contributed by atoms with Crippen LogP contribution in [-0.2, 0) is 0 Å². The molecule has 0 fully saturated rings. The van der Waals surface area contributed by atoms with Gasteiger partial charge in [-0.15, -0.1) is 0 Å². The third-order valence-corrected chi connectivity index (χ3v) is 2.81. The van der Waals surface area contributed by atoms with Crippen molar-refractivity contribution in [2.24, 2.45) is 0 Å². The first-order valence-electron chi connectivity index (χ1n) is 6.75. The summed E-state index contributed by atoms with van der Waals surface area (Å²) in [6.07, 6.45) is 0.989. The number of rotatable bonds is 5. The average Bonchev–Trinajstić information content (AvgIpc) is 2.54. The summed E-state index contributed by atoms with van der Waals surface area (Å²) in [6.45, 7) is 2.88. The number of nitriles is 1. The molecule has 0 bridgehead atoms. The molecule has 1 heterocycles. The Kier molecular flexibility index (Phi) is 4.89. The zero-order valence-electron chi connectivity index (χ0n) is 11.8. The van der Waals surface area contributed by atoms with Gasteiger partial charge in [-0.3, -0.25) is 4.79 Å². The van der Waals surface area contributed by atoms with Crippen LogP contribution < -0.4 is 10.6 Å². The molecular formula is C16H16N4O. The molecule has 0 aliphatic carbocycles. The van der Waals surface area contributed by atoms with Crippen LogP contribution in [0.25, 0.3) is 0 Å². The highest BCUT2D eigenvalue weighted by Gasteiger charge is 2.08. The van der Waals surface area contributed by atoms with E-state index < -0.39 is 0 Å². The van der Waals surface area contributed by atoms with E-state index in [4.69, 9.17) is 5.26 Å². The second-order valence-electron chi connectivity index (χ2n) is 4.48. The van der Waals surface area contributed by atoms with Crippen molar-refractivity contribution < 1.29 is 4.79 Å². The summed E-state index contributed by atoms with van der Waals surface area (Å²) < 4.78 is 0. The van der Waals surface area contributed by atoms with Gasteiger partial charge in [0.25, 0.3) is 5.91 Å². The lowest BCUT2D eigenvalue weighted by Gasteiger charge is -2.07. The minimum absolute atomic E-state index is 0.278. The second kappa shape index (κ2) is 7.06. The van der Waals surface area contributed by atoms with Gasteiger partial charge in [-0.2, -0.15) is 5.26 Å². The molecule has 0 saturated heterocycles. The maximum atomic E-state index is 12.1. The highest BCUT2D eigenvalue weighted by atomic mass is 16.1. The first-order valence-corrected chi connectivity index (χ1v) is 6.75. The minimum atomic E-state index is -0.278. The normalized spacial score (nSPS) is 9.71. The standard InChI is InChI=1S/C16H16N4O/c1-2-10-18-15-5-3-4-14(20-15)16(21)19-13-8-6-12(11-17)7-9-13/h3-9H,2,10H2,1H3,(H,18,20)(H,19,21). The number of aromatic nitrogens is 1. The number of hydrogen-bond acceptors (Lipinski definition) is 4. The number of benzene rings is 1. The third-order valence-electron chi connectivity index (χ3n) is 2.81. The van der Waals surface area contributed by atoms with Gasteiger partial charge in [-0.1, -0.05) is 13.0 Å². The average molecular weight is 280 g/mol. The summed E-state index contributed by atoms with van der Waals surface area (Å²) in [6, 6.07) is 14.0. The molecule has 2 rings (SSSR count).